The van der Waals surface area contributed by atoms with Crippen LogP contribution in [0.5, 0.6) is 0 Å². The Kier molecular flexibility index (Phi) is 3.61. The van der Waals surface area contributed by atoms with Gasteiger partial charge in [0.05, 0.1) is 5.70 Å². The molecule has 0 bridgehead atoms. The lowest BCUT2D eigenvalue weighted by molar-refractivity contribution is 0.931. The second-order valence-electron chi connectivity index (χ2n) is 3.87. The molecule has 0 unspecified atom stereocenters. The van der Waals surface area contributed by atoms with Crippen LogP contribution in [0.2, 0.25) is 0 Å². The Morgan fingerprint density at radius 1 is 1.21 bits per heavy atom. The van der Waals surface area contributed by atoms with E-state index >= 15 is 0 Å². The van der Waals surface area contributed by atoms with Crippen molar-refractivity contribution in [2.24, 2.45) is 4.99 Å². The zero-order chi connectivity index (χ0) is 13.1. The zero-order valence-electron chi connectivity index (χ0n) is 10.4. The standard InChI is InChI=1S/C13H12N4S2/c1-18-13-16-15-12(19-13)17-9-14-8-7-11(17)10-5-3-2-4-6-10/h2-8H,9H2,1H3. The van der Waals surface area contributed by atoms with Gasteiger partial charge in [0.15, 0.2) is 4.34 Å². The van der Waals surface area contributed by atoms with Crippen molar-refractivity contribution in [1.29, 1.82) is 0 Å². The van der Waals surface area contributed by atoms with Gasteiger partial charge in [0.25, 0.3) is 0 Å². The molecule has 0 N–H and O–H groups in total. The van der Waals surface area contributed by atoms with E-state index in [4.69, 9.17) is 0 Å². The largest absolute Gasteiger partial charge is 0.296 e. The van der Waals surface area contributed by atoms with Crippen molar-refractivity contribution in [2.75, 3.05) is 17.8 Å². The third-order valence-corrected chi connectivity index (χ3v) is 4.64. The molecule has 0 radical (unpaired) electrons. The normalized spacial score (nSPS) is 14.6. The number of thioether (sulfide) groups is 1. The van der Waals surface area contributed by atoms with E-state index in [9.17, 15) is 0 Å². The quantitative estimate of drug-likeness (QED) is 0.814. The van der Waals surface area contributed by atoms with Gasteiger partial charge in [0, 0.05) is 6.21 Å². The fourth-order valence-corrected chi connectivity index (χ4v) is 3.10. The van der Waals surface area contributed by atoms with Gasteiger partial charge in [-0.25, -0.2) is 0 Å². The van der Waals surface area contributed by atoms with Crippen LogP contribution in [0.15, 0.2) is 45.7 Å². The first-order valence-electron chi connectivity index (χ1n) is 5.79. The highest BCUT2D eigenvalue weighted by atomic mass is 32.2. The van der Waals surface area contributed by atoms with Crippen molar-refractivity contribution in [3.05, 3.63) is 42.0 Å². The number of anilines is 1. The van der Waals surface area contributed by atoms with Crippen LogP contribution in [0, 0.1) is 0 Å². The third-order valence-electron chi connectivity index (χ3n) is 2.72. The van der Waals surface area contributed by atoms with E-state index in [0.717, 1.165) is 20.7 Å². The average Bonchev–Trinajstić information content (AvgIpc) is 2.97. The summed E-state index contributed by atoms with van der Waals surface area (Å²) in [6.07, 6.45) is 5.86. The summed E-state index contributed by atoms with van der Waals surface area (Å²) in [5.74, 6) is 0. The number of hydrogen-bond acceptors (Lipinski definition) is 6. The van der Waals surface area contributed by atoms with Gasteiger partial charge < -0.3 is 0 Å². The van der Waals surface area contributed by atoms with Crippen molar-refractivity contribution in [2.45, 2.75) is 4.34 Å². The van der Waals surface area contributed by atoms with E-state index in [1.165, 1.54) is 0 Å². The van der Waals surface area contributed by atoms with Gasteiger partial charge in [-0.15, -0.1) is 10.2 Å². The molecule has 19 heavy (non-hydrogen) atoms. The van der Waals surface area contributed by atoms with E-state index < -0.39 is 0 Å². The Bertz CT molecular complexity index is 619. The molecule has 1 aromatic carbocycles. The summed E-state index contributed by atoms with van der Waals surface area (Å²) in [7, 11) is 0. The lowest BCUT2D eigenvalue weighted by atomic mass is 10.1. The SMILES string of the molecule is CSc1nnc(N2CN=CC=C2c2ccccc2)s1. The first-order valence-corrected chi connectivity index (χ1v) is 7.83. The van der Waals surface area contributed by atoms with Crippen LogP contribution in [-0.2, 0) is 0 Å². The average molecular weight is 288 g/mol. The molecular formula is C13H12N4S2. The number of aliphatic imine (C=N–C) groups is 1. The van der Waals surface area contributed by atoms with Gasteiger partial charge in [0.1, 0.15) is 6.67 Å². The maximum Gasteiger partial charge on any atom is 0.215 e. The summed E-state index contributed by atoms with van der Waals surface area (Å²) in [4.78, 5) is 6.39. The fraction of sp³-hybridized carbons (Fsp3) is 0.154. The van der Waals surface area contributed by atoms with Crippen LogP contribution in [0.25, 0.3) is 5.70 Å². The molecule has 0 atom stereocenters. The van der Waals surface area contributed by atoms with Crippen LogP contribution >= 0.6 is 23.1 Å². The Balaban J connectivity index is 1.97. The minimum absolute atomic E-state index is 0.587. The molecule has 3 rings (SSSR count). The van der Waals surface area contributed by atoms with Gasteiger partial charge in [0.2, 0.25) is 5.13 Å². The predicted octanol–water partition coefficient (Wildman–Crippen LogP) is 3.15. The molecule has 0 saturated carbocycles. The molecule has 1 aliphatic heterocycles. The molecule has 2 aromatic rings. The zero-order valence-corrected chi connectivity index (χ0v) is 12.0. The summed E-state index contributed by atoms with van der Waals surface area (Å²) >= 11 is 3.20. The molecule has 2 heterocycles. The third kappa shape index (κ3) is 2.54. The second-order valence-corrected chi connectivity index (χ2v) is 5.88. The highest BCUT2D eigenvalue weighted by Crippen LogP contribution is 2.32. The van der Waals surface area contributed by atoms with E-state index in [-0.39, 0.29) is 0 Å². The Hall–Kier alpha value is -1.66. The predicted molar refractivity (Wildman–Crippen MR) is 81.9 cm³/mol. The summed E-state index contributed by atoms with van der Waals surface area (Å²) < 4.78 is 0.969. The van der Waals surface area contributed by atoms with Crippen LogP contribution in [0.3, 0.4) is 0 Å². The number of nitrogens with zero attached hydrogens (tertiary/aromatic N) is 4. The Labute approximate surface area is 119 Å². The molecule has 0 saturated heterocycles. The number of rotatable bonds is 3. The molecule has 1 aliphatic rings. The maximum absolute atomic E-state index is 4.30. The van der Waals surface area contributed by atoms with Crippen LogP contribution in [-0.4, -0.2) is 29.3 Å². The molecule has 96 valence electrons. The van der Waals surface area contributed by atoms with Crippen LogP contribution in [0.4, 0.5) is 5.13 Å². The topological polar surface area (TPSA) is 41.4 Å². The van der Waals surface area contributed by atoms with Crippen LogP contribution in [0.1, 0.15) is 5.56 Å². The Morgan fingerprint density at radius 2 is 2.05 bits per heavy atom. The Morgan fingerprint density at radius 3 is 2.79 bits per heavy atom. The lowest BCUT2D eigenvalue weighted by Crippen LogP contribution is -2.24. The van der Waals surface area contributed by atoms with Crippen molar-refractivity contribution >= 4 is 40.1 Å². The van der Waals surface area contributed by atoms with Crippen molar-refractivity contribution in [1.82, 2.24) is 10.2 Å². The minimum Gasteiger partial charge on any atom is -0.296 e. The molecule has 0 amide bonds. The highest BCUT2D eigenvalue weighted by Gasteiger charge is 2.19. The van der Waals surface area contributed by atoms with Crippen molar-refractivity contribution in [3.8, 4) is 0 Å². The van der Waals surface area contributed by atoms with E-state index in [0.29, 0.717) is 6.67 Å². The summed E-state index contributed by atoms with van der Waals surface area (Å²) in [5.41, 5.74) is 2.27. The van der Waals surface area contributed by atoms with Gasteiger partial charge in [-0.3, -0.25) is 9.89 Å². The molecule has 6 heteroatoms. The molecule has 0 spiro atoms. The van der Waals surface area contributed by atoms with Gasteiger partial charge in [-0.1, -0.05) is 53.4 Å². The molecule has 0 fully saturated rings. The monoisotopic (exact) mass is 288 g/mol. The number of benzene rings is 1. The molecule has 4 nitrogen and oxygen atoms in total. The number of aromatic nitrogens is 2. The maximum atomic E-state index is 4.30. The van der Waals surface area contributed by atoms with E-state index in [1.54, 1.807) is 23.1 Å². The van der Waals surface area contributed by atoms with E-state index in [2.05, 4.69) is 32.2 Å². The smallest absolute Gasteiger partial charge is 0.215 e. The van der Waals surface area contributed by atoms with Crippen molar-refractivity contribution in [3.63, 3.8) is 0 Å². The number of allylic oxidation sites excluding steroid dienone is 1. The second kappa shape index (κ2) is 5.54. The van der Waals surface area contributed by atoms with Crippen molar-refractivity contribution < 1.29 is 0 Å². The first kappa shape index (κ1) is 12.4. The van der Waals surface area contributed by atoms with E-state index in [1.807, 2.05) is 36.7 Å². The lowest BCUT2D eigenvalue weighted by Gasteiger charge is -2.24. The minimum atomic E-state index is 0.587. The molecule has 0 aliphatic carbocycles. The molecule has 1 aromatic heterocycles. The highest BCUT2D eigenvalue weighted by molar-refractivity contribution is 8.00. The fourth-order valence-electron chi connectivity index (χ4n) is 1.84. The molecular weight excluding hydrogens is 276 g/mol. The van der Waals surface area contributed by atoms with Crippen LogP contribution < -0.4 is 4.90 Å². The van der Waals surface area contributed by atoms with Gasteiger partial charge >= 0.3 is 0 Å². The first-order chi connectivity index (χ1) is 9.38. The van der Waals surface area contributed by atoms with Gasteiger partial charge in [-0.05, 0) is 17.9 Å². The number of hydrogen-bond donors (Lipinski definition) is 0. The summed E-state index contributed by atoms with van der Waals surface area (Å²) in [6, 6.07) is 10.3. The van der Waals surface area contributed by atoms with Gasteiger partial charge in [-0.2, -0.15) is 0 Å². The summed E-state index contributed by atoms with van der Waals surface area (Å²) in [6.45, 7) is 0.587. The summed E-state index contributed by atoms with van der Waals surface area (Å²) in [5, 5.41) is 9.28.